The highest BCUT2D eigenvalue weighted by atomic mass is 35.5. The van der Waals surface area contributed by atoms with Gasteiger partial charge in [-0.3, -0.25) is 9.59 Å². The average molecular weight is 405 g/mol. The molecule has 8 heteroatoms. The minimum atomic E-state index is -0.526. The van der Waals surface area contributed by atoms with Crippen LogP contribution in [0.3, 0.4) is 0 Å². The van der Waals surface area contributed by atoms with Gasteiger partial charge in [-0.2, -0.15) is 0 Å². The number of anilines is 1. The number of benzene rings is 1. The summed E-state index contributed by atoms with van der Waals surface area (Å²) in [6.45, 7) is 7.26. The minimum absolute atomic E-state index is 0. The third-order valence-electron chi connectivity index (χ3n) is 4.75. The van der Waals surface area contributed by atoms with Crippen LogP contribution in [-0.4, -0.2) is 60.9 Å². The van der Waals surface area contributed by atoms with E-state index < -0.39 is 6.04 Å². The quantitative estimate of drug-likeness (QED) is 0.788. The summed E-state index contributed by atoms with van der Waals surface area (Å²) >= 11 is 0. The Kier molecular flexibility index (Phi) is 10.8. The summed E-state index contributed by atoms with van der Waals surface area (Å²) in [4.78, 5) is 28.6. The van der Waals surface area contributed by atoms with Crippen LogP contribution in [0, 0.1) is 5.92 Å². The fraction of sp³-hybridized carbons (Fsp3) is 0.556. The molecule has 2 amide bonds. The second-order valence-corrected chi connectivity index (χ2v) is 6.57. The minimum Gasteiger partial charge on any atom is -0.336 e. The van der Waals surface area contributed by atoms with Crippen LogP contribution >= 0.6 is 24.8 Å². The number of likely N-dealkylation sites (N-methyl/N-ethyl adjacent to an activating group) is 1. The van der Waals surface area contributed by atoms with Crippen LogP contribution in [0.5, 0.6) is 0 Å². The molecule has 2 rings (SSSR count). The van der Waals surface area contributed by atoms with Gasteiger partial charge in [0, 0.05) is 37.4 Å². The van der Waals surface area contributed by atoms with Crippen molar-refractivity contribution >= 4 is 42.3 Å². The summed E-state index contributed by atoms with van der Waals surface area (Å²) in [6.07, 6.45) is 0.854. The van der Waals surface area contributed by atoms with E-state index in [1.54, 1.807) is 24.3 Å². The Morgan fingerprint density at radius 1 is 1.12 bits per heavy atom. The molecule has 1 aromatic rings. The zero-order valence-corrected chi connectivity index (χ0v) is 17.2. The maximum absolute atomic E-state index is 12.5. The number of amides is 2. The van der Waals surface area contributed by atoms with Crippen molar-refractivity contribution < 1.29 is 9.59 Å². The molecular weight excluding hydrogens is 375 g/mol. The smallest absolute Gasteiger partial charge is 0.253 e. The van der Waals surface area contributed by atoms with Crippen molar-refractivity contribution in [3.63, 3.8) is 0 Å². The first kappa shape index (κ1) is 24.7. The molecule has 2 unspecified atom stereocenters. The second kappa shape index (κ2) is 11.4. The van der Waals surface area contributed by atoms with Gasteiger partial charge in [-0.15, -0.1) is 24.8 Å². The molecular formula is C18H30Cl2N4O2. The van der Waals surface area contributed by atoms with Crippen molar-refractivity contribution in [1.82, 2.24) is 9.80 Å². The number of carbonyl (C=O) groups is 2. The molecule has 1 aliphatic heterocycles. The second-order valence-electron chi connectivity index (χ2n) is 6.57. The maximum atomic E-state index is 12.5. The molecule has 1 saturated heterocycles. The summed E-state index contributed by atoms with van der Waals surface area (Å²) in [5.74, 6) is -0.0251. The van der Waals surface area contributed by atoms with Crippen molar-refractivity contribution in [3.8, 4) is 0 Å². The van der Waals surface area contributed by atoms with E-state index >= 15 is 0 Å². The number of carbonyl (C=O) groups excluding carboxylic acids is 2. The van der Waals surface area contributed by atoms with Gasteiger partial charge in [-0.05, 0) is 37.2 Å². The third kappa shape index (κ3) is 6.43. The molecule has 0 aliphatic carbocycles. The van der Waals surface area contributed by atoms with E-state index in [9.17, 15) is 9.59 Å². The largest absolute Gasteiger partial charge is 0.336 e. The monoisotopic (exact) mass is 404 g/mol. The van der Waals surface area contributed by atoms with E-state index in [-0.39, 0.29) is 42.5 Å². The maximum Gasteiger partial charge on any atom is 0.253 e. The van der Waals surface area contributed by atoms with Crippen LogP contribution in [-0.2, 0) is 4.79 Å². The summed E-state index contributed by atoms with van der Waals surface area (Å²) in [5.41, 5.74) is 7.23. The van der Waals surface area contributed by atoms with Gasteiger partial charge >= 0.3 is 0 Å². The van der Waals surface area contributed by atoms with Crippen LogP contribution in [0.1, 0.15) is 30.6 Å². The Bertz CT molecular complexity index is 575. The number of hydrogen-bond acceptors (Lipinski definition) is 4. The number of halogens is 2. The molecule has 3 N–H and O–H groups in total. The molecule has 1 fully saturated rings. The van der Waals surface area contributed by atoms with Crippen molar-refractivity contribution in [1.29, 1.82) is 0 Å². The third-order valence-corrected chi connectivity index (χ3v) is 4.75. The SMILES string of the molecule is CCC(C)C(N)C(=O)Nc1ccc(C(=O)N2CCN(C)CC2)cc1.Cl.Cl. The highest BCUT2D eigenvalue weighted by Crippen LogP contribution is 2.14. The highest BCUT2D eigenvalue weighted by molar-refractivity contribution is 5.97. The molecule has 148 valence electrons. The molecule has 1 heterocycles. The Balaban J connectivity index is 0.00000312. The summed E-state index contributed by atoms with van der Waals surface area (Å²) in [7, 11) is 2.06. The fourth-order valence-corrected chi connectivity index (χ4v) is 2.63. The molecule has 1 aliphatic rings. The molecule has 0 aromatic heterocycles. The zero-order chi connectivity index (χ0) is 17.7. The number of nitrogens with one attached hydrogen (secondary N) is 1. The number of nitrogens with two attached hydrogens (primary N) is 1. The van der Waals surface area contributed by atoms with Crippen LogP contribution in [0.15, 0.2) is 24.3 Å². The predicted molar refractivity (Wildman–Crippen MR) is 110 cm³/mol. The van der Waals surface area contributed by atoms with Crippen LogP contribution in [0.4, 0.5) is 5.69 Å². The van der Waals surface area contributed by atoms with Gasteiger partial charge in [-0.1, -0.05) is 20.3 Å². The molecule has 0 spiro atoms. The molecule has 0 bridgehead atoms. The number of piperazine rings is 1. The van der Waals surface area contributed by atoms with E-state index in [1.165, 1.54) is 0 Å². The zero-order valence-electron chi connectivity index (χ0n) is 15.6. The molecule has 6 nitrogen and oxygen atoms in total. The van der Waals surface area contributed by atoms with Crippen LogP contribution in [0.2, 0.25) is 0 Å². The van der Waals surface area contributed by atoms with Gasteiger partial charge in [0.05, 0.1) is 6.04 Å². The topological polar surface area (TPSA) is 78.7 Å². The Labute approximate surface area is 168 Å². The van der Waals surface area contributed by atoms with Crippen LogP contribution in [0.25, 0.3) is 0 Å². The van der Waals surface area contributed by atoms with Gasteiger partial charge < -0.3 is 20.9 Å². The summed E-state index contributed by atoms with van der Waals surface area (Å²) in [5, 5.41) is 2.81. The van der Waals surface area contributed by atoms with Gasteiger partial charge in [0.15, 0.2) is 0 Å². The Hall–Kier alpha value is -1.34. The molecule has 26 heavy (non-hydrogen) atoms. The van der Waals surface area contributed by atoms with Gasteiger partial charge in [0.2, 0.25) is 5.91 Å². The van der Waals surface area contributed by atoms with Gasteiger partial charge in [0.25, 0.3) is 5.91 Å². The first-order valence-corrected chi connectivity index (χ1v) is 8.56. The van der Waals surface area contributed by atoms with E-state index in [4.69, 9.17) is 5.73 Å². The van der Waals surface area contributed by atoms with E-state index in [0.717, 1.165) is 32.6 Å². The average Bonchev–Trinajstić information content (AvgIpc) is 2.61. The number of hydrogen-bond donors (Lipinski definition) is 2. The van der Waals surface area contributed by atoms with Crippen molar-refractivity contribution in [3.05, 3.63) is 29.8 Å². The predicted octanol–water partition coefficient (Wildman–Crippen LogP) is 2.23. The van der Waals surface area contributed by atoms with Crippen LogP contribution < -0.4 is 11.1 Å². The molecule has 0 radical (unpaired) electrons. The Morgan fingerprint density at radius 3 is 2.15 bits per heavy atom. The lowest BCUT2D eigenvalue weighted by atomic mass is 9.99. The van der Waals surface area contributed by atoms with Gasteiger partial charge in [-0.25, -0.2) is 0 Å². The van der Waals surface area contributed by atoms with Crippen molar-refractivity contribution in [2.75, 3.05) is 38.5 Å². The highest BCUT2D eigenvalue weighted by Gasteiger charge is 2.21. The Morgan fingerprint density at radius 2 is 1.65 bits per heavy atom. The van der Waals surface area contributed by atoms with Gasteiger partial charge in [0.1, 0.15) is 0 Å². The van der Waals surface area contributed by atoms with E-state index in [1.807, 2.05) is 18.7 Å². The lowest BCUT2D eigenvalue weighted by Crippen LogP contribution is -2.47. The molecule has 2 atom stereocenters. The van der Waals surface area contributed by atoms with E-state index in [2.05, 4.69) is 17.3 Å². The summed E-state index contributed by atoms with van der Waals surface area (Å²) < 4.78 is 0. The standard InChI is InChI=1S/C18H28N4O2.2ClH/c1-4-13(2)16(19)17(23)20-15-7-5-14(6-8-15)18(24)22-11-9-21(3)10-12-22;;/h5-8,13,16H,4,9-12,19H2,1-3H3,(H,20,23);2*1H. The van der Waals surface area contributed by atoms with E-state index in [0.29, 0.717) is 11.3 Å². The van der Waals surface area contributed by atoms with Crippen molar-refractivity contribution in [2.45, 2.75) is 26.3 Å². The lowest BCUT2D eigenvalue weighted by Gasteiger charge is -2.32. The summed E-state index contributed by atoms with van der Waals surface area (Å²) in [6, 6.07) is 6.49. The number of nitrogens with zero attached hydrogens (tertiary/aromatic N) is 2. The first-order valence-electron chi connectivity index (χ1n) is 8.56. The number of rotatable bonds is 5. The molecule has 0 saturated carbocycles. The molecule has 1 aromatic carbocycles. The first-order chi connectivity index (χ1) is 11.4. The fourth-order valence-electron chi connectivity index (χ4n) is 2.63. The van der Waals surface area contributed by atoms with Crippen molar-refractivity contribution in [2.24, 2.45) is 11.7 Å². The lowest BCUT2D eigenvalue weighted by molar-refractivity contribution is -0.118. The normalized spacial score (nSPS) is 16.7.